The van der Waals surface area contributed by atoms with E-state index in [2.05, 4.69) is 4.62 Å². The summed E-state index contributed by atoms with van der Waals surface area (Å²) >= 11 is 0. The summed E-state index contributed by atoms with van der Waals surface area (Å²) in [5.74, 6) is 0. The Morgan fingerprint density at radius 2 is 1.75 bits per heavy atom. The molecule has 0 amide bonds. The number of nitrogens with two attached hydrogens (primary N) is 1. The third-order valence-corrected chi connectivity index (χ3v) is 2.72. The summed E-state index contributed by atoms with van der Waals surface area (Å²) in [4.78, 5) is 16.6. The van der Waals surface area contributed by atoms with E-state index in [4.69, 9.17) is 14.9 Å². The highest BCUT2D eigenvalue weighted by Gasteiger charge is 2.14. The van der Waals surface area contributed by atoms with E-state index in [1.54, 1.807) is 0 Å². The number of sulfonamides is 1. The normalized spacial score (nSPS) is 12.4. The number of hydrogen-bond acceptors (Lipinski definition) is 5. The lowest BCUT2D eigenvalue weighted by Gasteiger charge is -2.07. The van der Waals surface area contributed by atoms with Crippen molar-refractivity contribution in [2.75, 3.05) is 5.48 Å². The fourth-order valence-electron chi connectivity index (χ4n) is 0.825. The third kappa shape index (κ3) is 4.27. The van der Waals surface area contributed by atoms with Gasteiger partial charge in [-0.05, 0) is 24.3 Å². The fraction of sp³-hybridized carbons (Fsp3) is 0. The zero-order valence-corrected chi connectivity index (χ0v) is 9.48. The highest BCUT2D eigenvalue weighted by atomic mass is 32.2. The van der Waals surface area contributed by atoms with Crippen LogP contribution in [-0.4, -0.2) is 18.2 Å². The van der Waals surface area contributed by atoms with Gasteiger partial charge in [0, 0.05) is 0 Å². The van der Waals surface area contributed by atoms with Crippen molar-refractivity contribution >= 4 is 23.5 Å². The van der Waals surface area contributed by atoms with Gasteiger partial charge < -0.3 is 9.79 Å². The molecule has 5 N–H and O–H groups in total. The minimum absolute atomic E-state index is 0.116. The summed E-state index contributed by atoms with van der Waals surface area (Å²) in [6, 6.07) is 4.83. The van der Waals surface area contributed by atoms with Crippen molar-refractivity contribution in [2.24, 2.45) is 5.14 Å². The maximum absolute atomic E-state index is 10.9. The molecule has 90 valence electrons. The number of phosphoric acid groups is 1. The van der Waals surface area contributed by atoms with Gasteiger partial charge in [-0.2, -0.15) is 4.62 Å². The largest absolute Gasteiger partial charge is 0.491 e. The van der Waals surface area contributed by atoms with Gasteiger partial charge >= 0.3 is 7.82 Å². The molecule has 0 heterocycles. The van der Waals surface area contributed by atoms with Crippen LogP contribution < -0.4 is 10.6 Å². The molecule has 1 rings (SSSR count). The van der Waals surface area contributed by atoms with Gasteiger partial charge in [0.1, 0.15) is 0 Å². The number of primary sulfonamides is 1. The summed E-state index contributed by atoms with van der Waals surface area (Å²) in [7, 11) is -8.41. The molecular weight excluding hydrogens is 259 g/mol. The Morgan fingerprint density at radius 1 is 1.25 bits per heavy atom. The van der Waals surface area contributed by atoms with Crippen LogP contribution in [0.3, 0.4) is 0 Å². The first-order valence-corrected chi connectivity index (χ1v) is 6.89. The van der Waals surface area contributed by atoms with Crippen molar-refractivity contribution < 1.29 is 27.4 Å². The zero-order chi connectivity index (χ0) is 12.4. The average Bonchev–Trinajstić information content (AvgIpc) is 2.13. The second-order valence-corrected chi connectivity index (χ2v) is 5.48. The number of rotatable bonds is 4. The Hall–Kier alpha value is -0.960. The van der Waals surface area contributed by atoms with Crippen LogP contribution in [0.15, 0.2) is 29.2 Å². The highest BCUT2D eigenvalue weighted by Crippen LogP contribution is 2.35. The number of hydrogen-bond donors (Lipinski definition) is 4. The van der Waals surface area contributed by atoms with Gasteiger partial charge in [-0.15, -0.1) is 0 Å². The van der Waals surface area contributed by atoms with Gasteiger partial charge in [-0.25, -0.2) is 18.1 Å². The molecule has 0 aliphatic carbocycles. The number of benzene rings is 1. The minimum atomic E-state index is -4.63. The summed E-state index contributed by atoms with van der Waals surface area (Å²) in [5.41, 5.74) is 2.14. The maximum Gasteiger partial charge on any atom is 0.491 e. The predicted octanol–water partition coefficient (Wildman–Crippen LogP) is -0.230. The average molecular weight is 268 g/mol. The van der Waals surface area contributed by atoms with Crippen molar-refractivity contribution in [3.05, 3.63) is 24.3 Å². The van der Waals surface area contributed by atoms with Crippen LogP contribution in [0, 0.1) is 0 Å². The Kier molecular flexibility index (Phi) is 3.68. The molecule has 0 saturated heterocycles. The van der Waals surface area contributed by atoms with E-state index >= 15 is 0 Å². The summed E-state index contributed by atoms with van der Waals surface area (Å²) in [5, 5.41) is 4.85. The Morgan fingerprint density at radius 3 is 2.12 bits per heavy atom. The summed E-state index contributed by atoms with van der Waals surface area (Å²) < 4.78 is 36.0. The summed E-state index contributed by atoms with van der Waals surface area (Å²) in [6.07, 6.45) is 0. The van der Waals surface area contributed by atoms with E-state index in [0.29, 0.717) is 0 Å². The van der Waals surface area contributed by atoms with Crippen LogP contribution in [0.1, 0.15) is 0 Å². The van der Waals surface area contributed by atoms with Crippen LogP contribution in [0.2, 0.25) is 0 Å². The van der Waals surface area contributed by atoms with Crippen molar-refractivity contribution in [1.82, 2.24) is 0 Å². The smallest absolute Gasteiger partial charge is 0.301 e. The molecule has 0 fully saturated rings. The topological polar surface area (TPSA) is 139 Å². The van der Waals surface area contributed by atoms with Gasteiger partial charge in [0.25, 0.3) is 0 Å². The predicted molar refractivity (Wildman–Crippen MR) is 54.6 cm³/mol. The molecule has 0 spiro atoms. The lowest BCUT2D eigenvalue weighted by atomic mass is 10.3. The van der Waals surface area contributed by atoms with E-state index in [9.17, 15) is 13.0 Å². The highest BCUT2D eigenvalue weighted by molar-refractivity contribution is 7.89. The Labute approximate surface area is 91.3 Å². The second kappa shape index (κ2) is 4.50. The van der Waals surface area contributed by atoms with E-state index in [1.165, 1.54) is 24.3 Å². The number of nitrogens with one attached hydrogen (secondary N) is 1. The quantitative estimate of drug-likeness (QED) is 0.437. The summed E-state index contributed by atoms with van der Waals surface area (Å²) in [6.45, 7) is 0. The molecular formula is C6H9N2O6PS. The lowest BCUT2D eigenvalue weighted by molar-refractivity contribution is 0.233. The van der Waals surface area contributed by atoms with E-state index in [-0.39, 0.29) is 10.6 Å². The minimum Gasteiger partial charge on any atom is -0.301 e. The van der Waals surface area contributed by atoms with Gasteiger partial charge in [0.2, 0.25) is 10.0 Å². The molecule has 8 nitrogen and oxygen atoms in total. The molecule has 0 bridgehead atoms. The SMILES string of the molecule is NS(=O)(=O)c1ccc(NOP(=O)(O)O)cc1. The Bertz CT molecular complexity index is 506. The van der Waals surface area contributed by atoms with Crippen LogP contribution >= 0.6 is 7.82 Å². The first-order valence-electron chi connectivity index (χ1n) is 3.81. The van der Waals surface area contributed by atoms with Crippen molar-refractivity contribution in [3.8, 4) is 0 Å². The molecule has 0 aliphatic rings. The number of anilines is 1. The molecule has 0 radical (unpaired) electrons. The first-order chi connectivity index (χ1) is 7.18. The second-order valence-electron chi connectivity index (χ2n) is 2.75. The molecule has 0 unspecified atom stereocenters. The lowest BCUT2D eigenvalue weighted by Crippen LogP contribution is -2.11. The fourth-order valence-corrected chi connectivity index (χ4v) is 1.56. The monoisotopic (exact) mass is 268 g/mol. The van der Waals surface area contributed by atoms with Gasteiger partial charge in [-0.3, -0.25) is 5.48 Å². The molecule has 0 atom stereocenters. The van der Waals surface area contributed by atoms with E-state index in [1.807, 2.05) is 5.48 Å². The molecule has 1 aromatic carbocycles. The maximum atomic E-state index is 10.9. The van der Waals surface area contributed by atoms with Gasteiger partial charge in [0.15, 0.2) is 0 Å². The van der Waals surface area contributed by atoms with Crippen molar-refractivity contribution in [1.29, 1.82) is 0 Å². The van der Waals surface area contributed by atoms with E-state index < -0.39 is 17.8 Å². The molecule has 0 aliphatic heterocycles. The standard InChI is InChI=1S/C6H9N2O6PS/c7-16(12,13)6-3-1-5(2-4-6)8-14-15(9,10)11/h1-4,8H,(H2,7,12,13)(H2,9,10,11). The van der Waals surface area contributed by atoms with Crippen LogP contribution in [-0.2, 0) is 19.2 Å². The molecule has 10 heteroatoms. The molecule has 1 aromatic rings. The zero-order valence-electron chi connectivity index (χ0n) is 7.77. The van der Waals surface area contributed by atoms with Gasteiger partial charge in [0.05, 0.1) is 10.6 Å². The van der Waals surface area contributed by atoms with Crippen LogP contribution in [0.25, 0.3) is 0 Å². The van der Waals surface area contributed by atoms with Crippen molar-refractivity contribution in [2.45, 2.75) is 4.90 Å². The van der Waals surface area contributed by atoms with Crippen molar-refractivity contribution in [3.63, 3.8) is 0 Å². The van der Waals surface area contributed by atoms with Crippen LogP contribution in [0.4, 0.5) is 5.69 Å². The molecule has 0 saturated carbocycles. The Balaban J connectivity index is 2.77. The molecule has 16 heavy (non-hydrogen) atoms. The van der Waals surface area contributed by atoms with Crippen LogP contribution in [0.5, 0.6) is 0 Å². The van der Waals surface area contributed by atoms with Gasteiger partial charge in [-0.1, -0.05) is 0 Å². The third-order valence-electron chi connectivity index (χ3n) is 1.47. The first kappa shape index (κ1) is 13.1. The molecule has 0 aromatic heterocycles. The van der Waals surface area contributed by atoms with E-state index in [0.717, 1.165) is 0 Å².